The van der Waals surface area contributed by atoms with Gasteiger partial charge in [-0.05, 0) is 50.0 Å². The van der Waals surface area contributed by atoms with Crippen LogP contribution in [0.2, 0.25) is 0 Å². The van der Waals surface area contributed by atoms with Crippen molar-refractivity contribution < 1.29 is 22.7 Å². The monoisotopic (exact) mass is 425 g/mol. The summed E-state index contributed by atoms with van der Waals surface area (Å²) in [7, 11) is 1.29. The van der Waals surface area contributed by atoms with E-state index < -0.39 is 17.9 Å². The normalized spacial score (nSPS) is 15.2. The Morgan fingerprint density at radius 2 is 2.00 bits per heavy atom. The summed E-state index contributed by atoms with van der Waals surface area (Å²) in [6, 6.07) is 7.91. The Morgan fingerprint density at radius 3 is 2.70 bits per heavy atom. The minimum atomic E-state index is -4.66. The van der Waals surface area contributed by atoms with Crippen molar-refractivity contribution in [2.45, 2.75) is 44.8 Å². The Balaban J connectivity index is 1.41. The van der Waals surface area contributed by atoms with Crippen LogP contribution in [0.4, 0.5) is 19.1 Å². The molecule has 30 heavy (non-hydrogen) atoms. The van der Waals surface area contributed by atoms with Gasteiger partial charge in [-0.1, -0.05) is 18.6 Å². The molecule has 1 aliphatic rings. The molecule has 7 nitrogen and oxygen atoms in total. The molecule has 1 amide bonds. The van der Waals surface area contributed by atoms with E-state index in [1.807, 2.05) is 18.2 Å². The molecule has 0 atom stereocenters. The van der Waals surface area contributed by atoms with Crippen LogP contribution in [0, 0.1) is 0 Å². The summed E-state index contributed by atoms with van der Waals surface area (Å²) in [5, 5.41) is 5.60. The number of nitrogens with one attached hydrogen (secondary N) is 1. The maximum Gasteiger partial charge on any atom is 0.453 e. The van der Waals surface area contributed by atoms with E-state index in [-0.39, 0.29) is 12.4 Å². The van der Waals surface area contributed by atoms with Crippen LogP contribution in [0.1, 0.15) is 43.5 Å². The Kier molecular flexibility index (Phi) is 7.30. The number of aryl methyl sites for hydroxylation is 1. The number of piperidine rings is 1. The molecule has 0 spiro atoms. The fourth-order valence-corrected chi connectivity index (χ4v) is 3.33. The van der Waals surface area contributed by atoms with Crippen molar-refractivity contribution in [2.75, 3.05) is 25.0 Å². The first-order valence-corrected chi connectivity index (χ1v) is 10.0. The number of halogens is 3. The lowest BCUT2D eigenvalue weighted by atomic mass is 10.1. The summed E-state index contributed by atoms with van der Waals surface area (Å²) in [5.74, 6) is -1.22. The van der Waals surface area contributed by atoms with E-state index in [9.17, 15) is 18.0 Å². The second-order valence-electron chi connectivity index (χ2n) is 7.36. The number of rotatable bonds is 8. The van der Waals surface area contributed by atoms with Gasteiger partial charge in [0.15, 0.2) is 0 Å². The minimum Gasteiger partial charge on any atom is -0.494 e. The quantitative estimate of drug-likeness (QED) is 0.654. The number of amides is 1. The Hall–Kier alpha value is -2.62. The first-order chi connectivity index (χ1) is 14.3. The maximum absolute atomic E-state index is 12.6. The Labute approximate surface area is 173 Å². The van der Waals surface area contributed by atoms with Gasteiger partial charge in [0.25, 0.3) is 5.82 Å². The van der Waals surface area contributed by atoms with Gasteiger partial charge in [-0.15, -0.1) is 5.10 Å². The average molecular weight is 425 g/mol. The van der Waals surface area contributed by atoms with Crippen LogP contribution in [0.3, 0.4) is 0 Å². The van der Waals surface area contributed by atoms with Crippen LogP contribution in [0.25, 0.3) is 0 Å². The predicted octanol–water partition coefficient (Wildman–Crippen LogP) is 3.62. The number of ether oxygens (including phenoxy) is 1. The molecule has 164 valence electrons. The van der Waals surface area contributed by atoms with Gasteiger partial charge in [0.1, 0.15) is 5.75 Å². The number of hydrogen-bond donors (Lipinski definition) is 1. The van der Waals surface area contributed by atoms with Gasteiger partial charge in [-0.2, -0.15) is 18.2 Å². The molecule has 10 heteroatoms. The SMILES string of the molecule is Cn1nc(C(F)(F)F)nc1NC(=O)CCCOc1cccc(CN2CCCCC2)c1. The van der Waals surface area contributed by atoms with Gasteiger partial charge in [0, 0.05) is 20.0 Å². The zero-order valence-corrected chi connectivity index (χ0v) is 16.9. The number of benzene rings is 1. The topological polar surface area (TPSA) is 72.3 Å². The maximum atomic E-state index is 12.6. The number of carbonyl (C=O) groups is 1. The molecule has 1 aromatic carbocycles. The molecule has 0 aliphatic carbocycles. The highest BCUT2D eigenvalue weighted by molar-refractivity contribution is 5.88. The highest BCUT2D eigenvalue weighted by Gasteiger charge is 2.37. The van der Waals surface area contributed by atoms with E-state index in [4.69, 9.17) is 4.74 Å². The van der Waals surface area contributed by atoms with E-state index in [1.54, 1.807) is 0 Å². The number of carbonyl (C=O) groups excluding carboxylic acids is 1. The summed E-state index contributed by atoms with van der Waals surface area (Å²) in [6.45, 7) is 3.47. The van der Waals surface area contributed by atoms with Crippen molar-refractivity contribution in [1.82, 2.24) is 19.7 Å². The summed E-state index contributed by atoms with van der Waals surface area (Å²) < 4.78 is 44.5. The van der Waals surface area contributed by atoms with E-state index in [1.165, 1.54) is 31.9 Å². The van der Waals surface area contributed by atoms with Crippen molar-refractivity contribution in [2.24, 2.45) is 7.05 Å². The molecule has 3 rings (SSSR count). The van der Waals surface area contributed by atoms with Crippen LogP contribution < -0.4 is 10.1 Å². The van der Waals surface area contributed by atoms with Crippen LogP contribution in [0.5, 0.6) is 5.75 Å². The summed E-state index contributed by atoms with van der Waals surface area (Å²) in [4.78, 5) is 17.7. The first-order valence-electron chi connectivity index (χ1n) is 10.0. The molecule has 1 aliphatic heterocycles. The molecule has 0 saturated carbocycles. The van der Waals surface area contributed by atoms with Crippen molar-refractivity contribution in [1.29, 1.82) is 0 Å². The predicted molar refractivity (Wildman–Crippen MR) is 105 cm³/mol. The summed E-state index contributed by atoms with van der Waals surface area (Å²) >= 11 is 0. The van der Waals surface area contributed by atoms with Gasteiger partial charge in [0.2, 0.25) is 11.9 Å². The lowest BCUT2D eigenvalue weighted by Gasteiger charge is -2.26. The number of nitrogens with zero attached hydrogens (tertiary/aromatic N) is 4. The molecule has 0 radical (unpaired) electrons. The lowest BCUT2D eigenvalue weighted by Crippen LogP contribution is -2.29. The Bertz CT molecular complexity index is 847. The molecule has 0 unspecified atom stereocenters. The number of alkyl halides is 3. The molecule has 2 aromatic rings. The molecule has 1 N–H and O–H groups in total. The van der Waals surface area contributed by atoms with Crippen molar-refractivity contribution >= 4 is 11.9 Å². The van der Waals surface area contributed by atoms with E-state index in [0.29, 0.717) is 13.0 Å². The zero-order chi connectivity index (χ0) is 21.6. The van der Waals surface area contributed by atoms with E-state index in [0.717, 1.165) is 30.1 Å². The van der Waals surface area contributed by atoms with Crippen LogP contribution in [-0.4, -0.2) is 45.3 Å². The van der Waals surface area contributed by atoms with Crippen molar-refractivity contribution in [3.8, 4) is 5.75 Å². The third-order valence-corrected chi connectivity index (χ3v) is 4.84. The fourth-order valence-electron chi connectivity index (χ4n) is 3.33. The Morgan fingerprint density at radius 1 is 1.23 bits per heavy atom. The molecule has 1 saturated heterocycles. The second-order valence-corrected chi connectivity index (χ2v) is 7.36. The minimum absolute atomic E-state index is 0.0989. The molecular weight excluding hydrogens is 399 g/mol. The van der Waals surface area contributed by atoms with Gasteiger partial charge >= 0.3 is 6.18 Å². The number of hydrogen-bond acceptors (Lipinski definition) is 5. The first kappa shape index (κ1) is 22.1. The van der Waals surface area contributed by atoms with E-state index in [2.05, 4.69) is 26.4 Å². The van der Waals surface area contributed by atoms with Crippen molar-refractivity contribution in [3.63, 3.8) is 0 Å². The van der Waals surface area contributed by atoms with Gasteiger partial charge in [-0.3, -0.25) is 15.0 Å². The fraction of sp³-hybridized carbons (Fsp3) is 0.550. The third-order valence-electron chi connectivity index (χ3n) is 4.84. The average Bonchev–Trinajstić information content (AvgIpc) is 3.07. The largest absolute Gasteiger partial charge is 0.494 e. The standard InChI is InChI=1S/C20H26F3N5O2/c1-27-19(25-18(26-27)20(21,22)23)24-17(29)9-6-12-30-16-8-5-7-15(13-16)14-28-10-3-2-4-11-28/h5,7-8,13H,2-4,6,9-12,14H2,1H3,(H,24,25,26,29). The molecule has 0 bridgehead atoms. The lowest BCUT2D eigenvalue weighted by molar-refractivity contribution is -0.145. The second kappa shape index (κ2) is 9.92. The van der Waals surface area contributed by atoms with Crippen LogP contribution in [0.15, 0.2) is 24.3 Å². The van der Waals surface area contributed by atoms with Gasteiger partial charge in [-0.25, -0.2) is 4.68 Å². The molecular formula is C20H26F3N5O2. The zero-order valence-electron chi connectivity index (χ0n) is 16.9. The molecule has 2 heterocycles. The summed E-state index contributed by atoms with van der Waals surface area (Å²) in [5.41, 5.74) is 1.19. The van der Waals surface area contributed by atoms with Gasteiger partial charge < -0.3 is 4.74 Å². The van der Waals surface area contributed by atoms with Crippen molar-refractivity contribution in [3.05, 3.63) is 35.7 Å². The third kappa shape index (κ3) is 6.45. The van der Waals surface area contributed by atoms with Crippen LogP contribution >= 0.6 is 0 Å². The van der Waals surface area contributed by atoms with E-state index >= 15 is 0 Å². The number of likely N-dealkylation sites (tertiary alicyclic amines) is 1. The van der Waals surface area contributed by atoms with Crippen LogP contribution in [-0.2, 0) is 24.6 Å². The number of anilines is 1. The van der Waals surface area contributed by atoms with Gasteiger partial charge in [0.05, 0.1) is 6.61 Å². The number of aromatic nitrogens is 3. The smallest absolute Gasteiger partial charge is 0.453 e. The summed E-state index contributed by atoms with van der Waals surface area (Å²) in [6.07, 6.45) is -0.355. The molecule has 1 fully saturated rings. The highest BCUT2D eigenvalue weighted by atomic mass is 19.4. The molecule has 1 aromatic heterocycles. The highest BCUT2D eigenvalue weighted by Crippen LogP contribution is 2.27.